The molecule has 0 fully saturated rings. The normalized spacial score (nSPS) is 15.8. The van der Waals surface area contributed by atoms with Gasteiger partial charge in [-0.3, -0.25) is 9.59 Å². The molecule has 11 aromatic rings. The van der Waals surface area contributed by atoms with Crippen LogP contribution in [0.25, 0.3) is 57.8 Å². The summed E-state index contributed by atoms with van der Waals surface area (Å²) in [7, 11) is 0. The maximum absolute atomic E-state index is 12.6. The van der Waals surface area contributed by atoms with Gasteiger partial charge in [0, 0.05) is 46.8 Å². The molecule has 2 aliphatic rings. The van der Waals surface area contributed by atoms with Crippen LogP contribution in [0.5, 0.6) is 0 Å². The average molecular weight is 1600 g/mol. The summed E-state index contributed by atoms with van der Waals surface area (Å²) >= 11 is 13.2. The number of terminal acetylenes is 1. The number of benzene rings is 4. The van der Waals surface area contributed by atoms with Gasteiger partial charge in [-0.25, -0.2) is 0 Å². The van der Waals surface area contributed by atoms with E-state index in [4.69, 9.17) is 6.42 Å². The van der Waals surface area contributed by atoms with Gasteiger partial charge in [-0.2, -0.15) is 0 Å². The van der Waals surface area contributed by atoms with E-state index in [2.05, 4.69) is 222 Å². The van der Waals surface area contributed by atoms with Gasteiger partial charge < -0.3 is 0 Å². The molecular weight excluding hydrogens is 1480 g/mol. The first-order valence-electron chi connectivity index (χ1n) is 42.9. The van der Waals surface area contributed by atoms with Crippen LogP contribution in [-0.4, -0.2) is 12.6 Å². The molecule has 0 amide bonds. The first-order valence-corrected chi connectivity index (χ1v) is 48.6. The second kappa shape index (κ2) is 40.1. The van der Waals surface area contributed by atoms with Crippen molar-refractivity contribution in [2.24, 2.45) is 23.7 Å². The van der Waals surface area contributed by atoms with E-state index >= 15 is 0 Å². The topological polar surface area (TPSA) is 34.1 Å². The van der Waals surface area contributed by atoms with Crippen molar-refractivity contribution >= 4 is 111 Å². The number of carbonyl (C=O) groups is 2. The van der Waals surface area contributed by atoms with Crippen molar-refractivity contribution in [3.63, 3.8) is 0 Å². The van der Waals surface area contributed by atoms with Crippen molar-refractivity contribution < 1.29 is 9.59 Å². The smallest absolute Gasteiger partial charge is 0.160 e. The Morgan fingerprint density at radius 3 is 1.14 bits per heavy atom. The lowest BCUT2D eigenvalue weighted by Crippen LogP contribution is -2.29. The number of unbranched alkanes of at least 4 members (excludes halogenated alkanes) is 15. The molecule has 2 aliphatic carbocycles. The third kappa shape index (κ3) is 18.2. The molecule has 7 aromatic heterocycles. The van der Waals surface area contributed by atoms with Gasteiger partial charge in [0.25, 0.3) is 0 Å². The Balaban J connectivity index is 1.06. The lowest BCUT2D eigenvalue weighted by molar-refractivity contribution is 0.111. The number of thiophene rings is 7. The fourth-order valence-electron chi connectivity index (χ4n) is 18.5. The van der Waals surface area contributed by atoms with E-state index in [1.807, 2.05) is 46.1 Å². The summed E-state index contributed by atoms with van der Waals surface area (Å²) in [5.41, 5.74) is 15.1. The Hall–Kier alpha value is -6.68. The Kier molecular flexibility index (Phi) is 29.7. The Labute approximate surface area is 694 Å². The van der Waals surface area contributed by atoms with E-state index in [1.54, 1.807) is 22.7 Å². The van der Waals surface area contributed by atoms with E-state index in [9.17, 15) is 9.59 Å². The zero-order valence-electron chi connectivity index (χ0n) is 67.3. The summed E-state index contributed by atoms with van der Waals surface area (Å²) in [6.45, 7) is 16.3. The number of hydrogen-bond acceptors (Lipinski definition) is 9. The maximum atomic E-state index is 12.6. The predicted molar refractivity (Wildman–Crippen MR) is 490 cm³/mol. The van der Waals surface area contributed by atoms with Gasteiger partial charge in [-0.15, -0.1) is 85.8 Å². The zero-order chi connectivity index (χ0) is 77.1. The molecule has 4 aromatic carbocycles. The van der Waals surface area contributed by atoms with Crippen molar-refractivity contribution in [2.45, 2.75) is 271 Å². The molecule has 0 saturated carbocycles. The van der Waals surface area contributed by atoms with Gasteiger partial charge in [0.2, 0.25) is 0 Å². The van der Waals surface area contributed by atoms with Crippen molar-refractivity contribution in [2.75, 3.05) is 0 Å². The van der Waals surface area contributed by atoms with E-state index in [-0.39, 0.29) is 5.92 Å². The molecule has 7 heterocycles. The number of carbonyl (C=O) groups excluding carboxylic acids is 2. The number of fused-ring (bicyclic) bond motifs is 11. The maximum Gasteiger partial charge on any atom is 0.160 e. The van der Waals surface area contributed by atoms with Gasteiger partial charge in [0.15, 0.2) is 12.6 Å². The first kappa shape index (κ1) is 82.3. The van der Waals surface area contributed by atoms with Gasteiger partial charge in [0.1, 0.15) is 0 Å². The molecule has 2 nitrogen and oxygen atoms in total. The molecule has 5 atom stereocenters. The van der Waals surface area contributed by atoms with Crippen LogP contribution in [0.2, 0.25) is 0 Å². The summed E-state index contributed by atoms with van der Waals surface area (Å²) in [5.74, 6) is 17.0. The minimum Gasteiger partial charge on any atom is -0.297 e. The third-order valence-corrected chi connectivity index (χ3v) is 33.1. The second-order valence-electron chi connectivity index (χ2n) is 32.3. The van der Waals surface area contributed by atoms with Crippen LogP contribution >= 0.6 is 79.4 Å². The molecule has 0 spiro atoms. The van der Waals surface area contributed by atoms with Gasteiger partial charge in [-0.1, -0.05) is 331 Å². The number of hydrogen-bond donors (Lipinski definition) is 0. The molecule has 0 bridgehead atoms. The van der Waals surface area contributed by atoms with Crippen LogP contribution in [-0.2, 0) is 36.5 Å². The molecule has 111 heavy (non-hydrogen) atoms. The summed E-state index contributed by atoms with van der Waals surface area (Å²) in [6, 6.07) is 53.8. The molecule has 0 aliphatic heterocycles. The summed E-state index contributed by atoms with van der Waals surface area (Å²) in [6.07, 6.45) is 48.3. The first-order chi connectivity index (χ1) is 54.6. The number of aldehydes is 2. The lowest BCUT2D eigenvalue weighted by Gasteiger charge is -2.34. The van der Waals surface area contributed by atoms with E-state index in [0.717, 1.165) is 70.6 Å². The third-order valence-electron chi connectivity index (χ3n) is 24.3. The van der Waals surface area contributed by atoms with Crippen LogP contribution < -0.4 is 0 Å². The highest BCUT2D eigenvalue weighted by Gasteiger charge is 2.56. The molecule has 9 heteroatoms. The minimum atomic E-state index is -0.708. The second-order valence-corrected chi connectivity index (χ2v) is 39.7. The molecule has 578 valence electrons. The molecule has 5 unspecified atom stereocenters. The molecule has 13 rings (SSSR count). The van der Waals surface area contributed by atoms with Crippen LogP contribution in [0, 0.1) is 59.7 Å². The van der Waals surface area contributed by atoms with Crippen molar-refractivity contribution in [3.8, 4) is 75.0 Å². The Morgan fingerprint density at radius 1 is 0.333 bits per heavy atom. The fourth-order valence-corrected chi connectivity index (χ4v) is 27.6. The minimum absolute atomic E-state index is 0.152. The molecule has 0 saturated heterocycles. The summed E-state index contributed by atoms with van der Waals surface area (Å²) < 4.78 is 5.46. The highest BCUT2D eigenvalue weighted by Crippen LogP contribution is 2.72. The van der Waals surface area contributed by atoms with E-state index in [1.165, 1.54) is 288 Å². The van der Waals surface area contributed by atoms with Gasteiger partial charge >= 0.3 is 0 Å². The monoisotopic (exact) mass is 1600 g/mol. The van der Waals surface area contributed by atoms with Crippen LogP contribution in [0.15, 0.2) is 133 Å². The number of rotatable bonds is 45. The zero-order valence-corrected chi connectivity index (χ0v) is 73.0. The summed E-state index contributed by atoms with van der Waals surface area (Å²) in [4.78, 5) is 36.7. The standard InChI is InChI=1S/C102H116O2S7/c1-9-17-25-30-38-71(35-22-14-6)63-75-43-51-79(52-44-75)101(80-53-45-76(46-54-80)66-74(41-33-28-20-12-4)42-34-29-21-13-5)85-67-88(86-61-59-83(69-103)105-86)107-94(85)96-92(101)98-100(110-96)93-99(111-98)97-91(95-90(109-97)68-89(108-95)87-62-60-84(70-104)106-87)102(93,81-55-47-77(48-56-81)64-72(36-23-15-7)39-31-26-18-10-2)82-57-49-78(50-58-82)65-73(37-24-16-8)40-32-27-19-11-3/h4,43-62,67-74H,9-11,13-19,21-27,29-32,34-40,42,63-66H2,1-3,5-8H3. The molecule has 0 N–H and O–H groups in total. The van der Waals surface area contributed by atoms with Crippen molar-refractivity contribution in [1.82, 2.24) is 0 Å². The highest BCUT2D eigenvalue weighted by atomic mass is 32.1. The van der Waals surface area contributed by atoms with Gasteiger partial charge in [-0.05, 0) is 160 Å². The Morgan fingerprint density at radius 2 is 0.712 bits per heavy atom. The van der Waals surface area contributed by atoms with Crippen LogP contribution in [0.4, 0.5) is 0 Å². The van der Waals surface area contributed by atoms with Crippen molar-refractivity contribution in [3.05, 3.63) is 210 Å². The lowest BCUT2D eigenvalue weighted by atomic mass is 9.67. The quantitative estimate of drug-likeness (QED) is 0.0217. The highest BCUT2D eigenvalue weighted by molar-refractivity contribution is 7.37. The average Bonchev–Trinajstić information content (AvgIpc) is 1.48. The van der Waals surface area contributed by atoms with Crippen molar-refractivity contribution in [1.29, 1.82) is 0 Å². The largest absolute Gasteiger partial charge is 0.297 e. The SMILES string of the molecule is C#CC#CC#CC(CCCCCC)Cc1ccc(C2(c3ccc(CC(CCCC)CCCCCC)cc3)c3cc(-c4ccc(C=O)s4)sc3-c3sc4c5c(sc4c32)-c2sc3cc(-c4ccc(C=O)s4)sc3c2C5(c2ccc(CC(CCCC)CCCCCC)cc2)c2ccc(CC(CCCC)CCCCCC)cc2)cc1. The Bertz CT molecular complexity index is 4950. The van der Waals surface area contributed by atoms with E-state index in [0.29, 0.717) is 17.8 Å². The molecular formula is C102H116O2S7. The van der Waals surface area contributed by atoms with Crippen LogP contribution in [0.3, 0.4) is 0 Å². The fraction of sp³-hybridized carbons (Fsp3) is 0.451. The van der Waals surface area contributed by atoms with Crippen LogP contribution in [0.1, 0.15) is 321 Å². The van der Waals surface area contributed by atoms with Gasteiger partial charge in [0.05, 0.1) is 54.2 Å². The van der Waals surface area contributed by atoms with E-state index < -0.39 is 10.8 Å². The molecule has 0 radical (unpaired) electrons. The summed E-state index contributed by atoms with van der Waals surface area (Å²) in [5, 5.41) is 0. The predicted octanol–water partition coefficient (Wildman–Crippen LogP) is 31.8.